The highest BCUT2D eigenvalue weighted by molar-refractivity contribution is 6.30. The minimum Gasteiger partial charge on any atom is -0.508 e. The quantitative estimate of drug-likeness (QED) is 0.506. The summed E-state index contributed by atoms with van der Waals surface area (Å²) < 4.78 is 40.0. The summed E-state index contributed by atoms with van der Waals surface area (Å²) in [6.45, 7) is 0.396. The second kappa shape index (κ2) is 8.87. The molecule has 1 atom stereocenters. The van der Waals surface area contributed by atoms with Gasteiger partial charge in [0.05, 0.1) is 11.6 Å². The Kier molecular flexibility index (Phi) is 6.15. The molecule has 0 aliphatic carbocycles. The van der Waals surface area contributed by atoms with E-state index in [0.29, 0.717) is 23.6 Å². The third-order valence-electron chi connectivity index (χ3n) is 5.82. The first kappa shape index (κ1) is 22.2. The smallest absolute Gasteiger partial charge is 0.416 e. The molecule has 0 radical (unpaired) electrons. The molecule has 1 amide bonds. The minimum absolute atomic E-state index is 0.0105. The standard InChI is InChI=1S/C25H21ClF3NO2/c26-18-10-11-22(31)20(15-18)24-19-7-3-1-5-16(19)13-14-30(24)23(32)12-9-17-6-2-4-8-21(17)25(27,28)29/h1-8,10-11,15,24,31H,9,12-14H2. The van der Waals surface area contributed by atoms with Crippen LogP contribution in [0.5, 0.6) is 5.75 Å². The van der Waals surface area contributed by atoms with Crippen LogP contribution in [-0.4, -0.2) is 22.5 Å². The molecule has 1 aliphatic heterocycles. The number of carbonyl (C=O) groups excluding carboxylic acids is 1. The Bertz CT molecular complexity index is 1150. The number of aromatic hydroxyl groups is 1. The van der Waals surface area contributed by atoms with E-state index in [1.54, 1.807) is 23.1 Å². The maximum Gasteiger partial charge on any atom is 0.416 e. The molecule has 0 aromatic heterocycles. The van der Waals surface area contributed by atoms with Crippen molar-refractivity contribution in [1.82, 2.24) is 4.90 Å². The SMILES string of the molecule is O=C(CCc1ccccc1C(F)(F)F)N1CCc2ccccc2C1c1cc(Cl)ccc1O. The van der Waals surface area contributed by atoms with E-state index in [4.69, 9.17) is 11.6 Å². The van der Waals surface area contributed by atoms with Gasteiger partial charge in [0.1, 0.15) is 5.75 Å². The van der Waals surface area contributed by atoms with E-state index in [1.165, 1.54) is 18.2 Å². The van der Waals surface area contributed by atoms with Gasteiger partial charge in [-0.3, -0.25) is 4.79 Å². The molecule has 0 spiro atoms. The van der Waals surface area contributed by atoms with Gasteiger partial charge in [0.15, 0.2) is 0 Å². The maximum atomic E-state index is 13.3. The van der Waals surface area contributed by atoms with E-state index in [1.807, 2.05) is 24.3 Å². The van der Waals surface area contributed by atoms with Crippen LogP contribution in [0.1, 0.15) is 40.3 Å². The Morgan fingerprint density at radius 3 is 2.53 bits per heavy atom. The zero-order valence-electron chi connectivity index (χ0n) is 17.1. The van der Waals surface area contributed by atoms with Gasteiger partial charge in [-0.15, -0.1) is 0 Å². The molecule has 0 saturated heterocycles. The first-order valence-electron chi connectivity index (χ1n) is 10.3. The van der Waals surface area contributed by atoms with Gasteiger partial charge in [0, 0.05) is 23.6 Å². The number of fused-ring (bicyclic) bond motifs is 1. The van der Waals surface area contributed by atoms with Crippen LogP contribution in [0.4, 0.5) is 13.2 Å². The number of halogens is 4. The molecule has 4 rings (SSSR count). The number of amides is 1. The number of nitrogens with zero attached hydrogens (tertiary/aromatic N) is 1. The number of aryl methyl sites for hydroxylation is 1. The maximum absolute atomic E-state index is 13.3. The molecule has 0 fully saturated rings. The summed E-state index contributed by atoms with van der Waals surface area (Å²) in [5, 5.41) is 10.9. The van der Waals surface area contributed by atoms with Crippen molar-refractivity contribution < 1.29 is 23.1 Å². The van der Waals surface area contributed by atoms with Crippen LogP contribution in [0.3, 0.4) is 0 Å². The summed E-state index contributed by atoms with van der Waals surface area (Å²) in [5.41, 5.74) is 1.80. The van der Waals surface area contributed by atoms with Gasteiger partial charge in [-0.05, 0) is 53.8 Å². The Morgan fingerprint density at radius 1 is 1.03 bits per heavy atom. The monoisotopic (exact) mass is 459 g/mol. The summed E-state index contributed by atoms with van der Waals surface area (Å²) in [6.07, 6.45) is -3.95. The molecule has 32 heavy (non-hydrogen) atoms. The van der Waals surface area contributed by atoms with E-state index in [-0.39, 0.29) is 30.1 Å². The highest BCUT2D eigenvalue weighted by atomic mass is 35.5. The fourth-order valence-corrected chi connectivity index (χ4v) is 4.50. The van der Waals surface area contributed by atoms with Crippen LogP contribution in [0, 0.1) is 0 Å². The van der Waals surface area contributed by atoms with Crippen molar-refractivity contribution >= 4 is 17.5 Å². The predicted octanol–water partition coefficient (Wildman–Crippen LogP) is 6.17. The van der Waals surface area contributed by atoms with Crippen molar-refractivity contribution in [2.45, 2.75) is 31.5 Å². The van der Waals surface area contributed by atoms with Crippen molar-refractivity contribution in [2.75, 3.05) is 6.54 Å². The lowest BCUT2D eigenvalue weighted by molar-refractivity contribution is -0.139. The Labute approximate surface area is 189 Å². The Hall–Kier alpha value is -2.99. The number of rotatable bonds is 4. The van der Waals surface area contributed by atoms with Gasteiger partial charge in [-0.1, -0.05) is 54.1 Å². The van der Waals surface area contributed by atoms with Gasteiger partial charge >= 0.3 is 6.18 Å². The lowest BCUT2D eigenvalue weighted by atomic mass is 9.87. The van der Waals surface area contributed by atoms with Crippen LogP contribution in [0.2, 0.25) is 5.02 Å². The van der Waals surface area contributed by atoms with E-state index in [0.717, 1.165) is 17.2 Å². The molecule has 1 N–H and O–H groups in total. The summed E-state index contributed by atoms with van der Waals surface area (Å²) >= 11 is 6.17. The van der Waals surface area contributed by atoms with E-state index < -0.39 is 17.8 Å². The van der Waals surface area contributed by atoms with E-state index in [9.17, 15) is 23.1 Å². The zero-order valence-corrected chi connectivity index (χ0v) is 17.8. The molecule has 0 bridgehead atoms. The topological polar surface area (TPSA) is 40.5 Å². The fraction of sp³-hybridized carbons (Fsp3) is 0.240. The Balaban J connectivity index is 1.65. The van der Waals surface area contributed by atoms with Crippen molar-refractivity contribution in [2.24, 2.45) is 0 Å². The summed E-state index contributed by atoms with van der Waals surface area (Å²) in [4.78, 5) is 14.9. The molecule has 0 saturated carbocycles. The fourth-order valence-electron chi connectivity index (χ4n) is 4.32. The van der Waals surface area contributed by atoms with Gasteiger partial charge in [0.2, 0.25) is 5.91 Å². The third kappa shape index (κ3) is 4.46. The summed E-state index contributed by atoms with van der Waals surface area (Å²) in [5.74, 6) is -0.267. The van der Waals surface area contributed by atoms with Crippen molar-refractivity contribution in [1.29, 1.82) is 0 Å². The number of hydrogen-bond acceptors (Lipinski definition) is 2. The highest BCUT2D eigenvalue weighted by Gasteiger charge is 2.35. The number of carbonyl (C=O) groups is 1. The lowest BCUT2D eigenvalue weighted by Crippen LogP contribution is -2.40. The van der Waals surface area contributed by atoms with Crippen LogP contribution in [0.15, 0.2) is 66.7 Å². The van der Waals surface area contributed by atoms with Gasteiger partial charge in [0.25, 0.3) is 0 Å². The van der Waals surface area contributed by atoms with Crippen LogP contribution < -0.4 is 0 Å². The van der Waals surface area contributed by atoms with Crippen LogP contribution in [-0.2, 0) is 23.8 Å². The second-order valence-electron chi connectivity index (χ2n) is 7.80. The first-order valence-corrected chi connectivity index (χ1v) is 10.6. The van der Waals surface area contributed by atoms with Gasteiger partial charge in [-0.2, -0.15) is 13.2 Å². The lowest BCUT2D eigenvalue weighted by Gasteiger charge is -2.38. The van der Waals surface area contributed by atoms with E-state index in [2.05, 4.69) is 0 Å². The average Bonchev–Trinajstić information content (AvgIpc) is 2.78. The molecule has 7 heteroatoms. The molecule has 166 valence electrons. The summed E-state index contributed by atoms with van der Waals surface area (Å²) in [7, 11) is 0. The number of phenolic OH excluding ortho intramolecular Hbond substituents is 1. The summed E-state index contributed by atoms with van der Waals surface area (Å²) in [6, 6.07) is 17.1. The van der Waals surface area contributed by atoms with E-state index >= 15 is 0 Å². The third-order valence-corrected chi connectivity index (χ3v) is 6.05. The molecule has 3 aromatic rings. The molecule has 1 aliphatic rings. The van der Waals surface area contributed by atoms with Crippen molar-refractivity contribution in [3.8, 4) is 5.75 Å². The molecular formula is C25H21ClF3NO2. The molecular weight excluding hydrogens is 439 g/mol. The largest absolute Gasteiger partial charge is 0.508 e. The van der Waals surface area contributed by atoms with Gasteiger partial charge < -0.3 is 10.0 Å². The molecule has 1 unspecified atom stereocenters. The van der Waals surface area contributed by atoms with Gasteiger partial charge in [-0.25, -0.2) is 0 Å². The number of phenols is 1. The minimum atomic E-state index is -4.47. The Morgan fingerprint density at radius 2 is 1.75 bits per heavy atom. The number of benzene rings is 3. The molecule has 1 heterocycles. The normalized spacial score (nSPS) is 16.0. The average molecular weight is 460 g/mol. The van der Waals surface area contributed by atoms with Crippen molar-refractivity contribution in [3.63, 3.8) is 0 Å². The second-order valence-corrected chi connectivity index (χ2v) is 8.23. The predicted molar refractivity (Wildman–Crippen MR) is 117 cm³/mol. The molecule has 3 nitrogen and oxygen atoms in total. The van der Waals surface area contributed by atoms with Crippen LogP contribution in [0.25, 0.3) is 0 Å². The number of alkyl halides is 3. The van der Waals surface area contributed by atoms with Crippen LogP contribution >= 0.6 is 11.6 Å². The molecule has 3 aromatic carbocycles. The van der Waals surface area contributed by atoms with Crippen molar-refractivity contribution in [3.05, 3.63) is 99.6 Å². The number of hydrogen-bond donors (Lipinski definition) is 1. The zero-order chi connectivity index (χ0) is 22.9. The highest BCUT2D eigenvalue weighted by Crippen LogP contribution is 2.40. The first-order chi connectivity index (χ1) is 15.3.